The molecule has 1 amide bonds. The van der Waals surface area contributed by atoms with Crippen molar-refractivity contribution < 1.29 is 23.1 Å². The van der Waals surface area contributed by atoms with Gasteiger partial charge in [-0.1, -0.05) is 12.5 Å². The summed E-state index contributed by atoms with van der Waals surface area (Å²) in [4.78, 5) is 26.2. The number of carbonyl (C=O) groups excluding carboxylic acids is 1. The minimum atomic E-state index is -3.68. The fraction of sp³-hybridized carbons (Fsp3) is 0.579. The molecular weight excluding hydrogens is 368 g/mol. The van der Waals surface area contributed by atoms with Crippen molar-refractivity contribution in [3.8, 4) is 0 Å². The molecule has 4 rings (SSSR count). The number of hydrogen-bond donors (Lipinski definition) is 2. The van der Waals surface area contributed by atoms with Crippen molar-refractivity contribution in [1.29, 1.82) is 0 Å². The van der Waals surface area contributed by atoms with Gasteiger partial charge in [-0.15, -0.1) is 0 Å². The highest BCUT2D eigenvalue weighted by Crippen LogP contribution is 2.42. The Bertz CT molecular complexity index is 865. The van der Waals surface area contributed by atoms with Gasteiger partial charge < -0.3 is 10.0 Å². The highest BCUT2D eigenvalue weighted by molar-refractivity contribution is 7.89. The lowest BCUT2D eigenvalue weighted by atomic mass is 9.94. The molecule has 146 valence electrons. The van der Waals surface area contributed by atoms with Crippen LogP contribution in [0.1, 0.15) is 42.5 Å². The first-order chi connectivity index (χ1) is 12.9. The maximum absolute atomic E-state index is 13.0. The van der Waals surface area contributed by atoms with E-state index < -0.39 is 27.9 Å². The molecule has 0 radical (unpaired) electrons. The lowest BCUT2D eigenvalue weighted by Gasteiger charge is -2.24. The first-order valence-corrected chi connectivity index (χ1v) is 11.0. The van der Waals surface area contributed by atoms with E-state index in [1.165, 1.54) is 23.1 Å². The van der Waals surface area contributed by atoms with Gasteiger partial charge in [-0.05, 0) is 61.6 Å². The largest absolute Gasteiger partial charge is 0.480 e. The summed E-state index contributed by atoms with van der Waals surface area (Å²) in [5, 5.41) is 9.64. The summed E-state index contributed by atoms with van der Waals surface area (Å²) in [6.07, 6.45) is 4.84. The van der Waals surface area contributed by atoms with Crippen LogP contribution in [-0.4, -0.2) is 49.4 Å². The van der Waals surface area contributed by atoms with E-state index in [2.05, 4.69) is 4.72 Å². The molecule has 0 spiro atoms. The maximum Gasteiger partial charge on any atom is 0.326 e. The number of hydrogen-bond acceptors (Lipinski definition) is 4. The molecule has 2 saturated carbocycles. The number of carboxylic acid groups (broad SMARTS) is 1. The summed E-state index contributed by atoms with van der Waals surface area (Å²) in [6, 6.07) is 5.07. The molecule has 1 aromatic rings. The Morgan fingerprint density at radius 3 is 2.67 bits per heavy atom. The average molecular weight is 392 g/mol. The zero-order valence-electron chi connectivity index (χ0n) is 15.0. The Morgan fingerprint density at radius 1 is 1.19 bits per heavy atom. The molecule has 1 aromatic carbocycles. The van der Waals surface area contributed by atoms with E-state index in [0.717, 1.165) is 32.1 Å². The topological polar surface area (TPSA) is 104 Å². The molecule has 1 heterocycles. The van der Waals surface area contributed by atoms with Crippen molar-refractivity contribution in [2.75, 3.05) is 13.1 Å². The predicted octanol–water partition coefficient (Wildman–Crippen LogP) is 1.70. The van der Waals surface area contributed by atoms with Gasteiger partial charge in [0.2, 0.25) is 10.0 Å². The molecule has 0 aromatic heterocycles. The molecule has 3 atom stereocenters. The number of nitrogens with one attached hydrogen (secondary N) is 1. The minimum absolute atomic E-state index is 0.00132. The third-order valence-electron chi connectivity index (χ3n) is 6.05. The summed E-state index contributed by atoms with van der Waals surface area (Å²) in [5.41, 5.74) is 0.218. The first kappa shape index (κ1) is 18.4. The zero-order chi connectivity index (χ0) is 19.2. The number of carboxylic acids is 1. The van der Waals surface area contributed by atoms with E-state index in [9.17, 15) is 23.1 Å². The number of benzene rings is 1. The second kappa shape index (κ2) is 6.91. The van der Waals surface area contributed by atoms with Crippen molar-refractivity contribution >= 4 is 21.9 Å². The Balaban J connectivity index is 1.56. The number of fused-ring (bicyclic) bond motifs is 1. The summed E-state index contributed by atoms with van der Waals surface area (Å²) < 4.78 is 27.5. The van der Waals surface area contributed by atoms with E-state index in [0.29, 0.717) is 19.0 Å². The molecule has 7 nitrogen and oxygen atoms in total. The van der Waals surface area contributed by atoms with Crippen LogP contribution in [-0.2, 0) is 14.8 Å². The van der Waals surface area contributed by atoms with Gasteiger partial charge in [-0.3, -0.25) is 4.79 Å². The summed E-state index contributed by atoms with van der Waals surface area (Å²) >= 11 is 0. The van der Waals surface area contributed by atoms with Crippen LogP contribution in [0.4, 0.5) is 0 Å². The molecular formula is C19H24N2O5S. The van der Waals surface area contributed by atoms with Gasteiger partial charge in [-0.2, -0.15) is 0 Å². The van der Waals surface area contributed by atoms with Gasteiger partial charge >= 0.3 is 5.97 Å². The van der Waals surface area contributed by atoms with Gasteiger partial charge in [0.1, 0.15) is 6.04 Å². The molecule has 27 heavy (non-hydrogen) atoms. The molecule has 1 aliphatic heterocycles. The lowest BCUT2D eigenvalue weighted by molar-refractivity contribution is -0.142. The molecule has 0 bridgehead atoms. The van der Waals surface area contributed by atoms with Crippen molar-refractivity contribution in [3.63, 3.8) is 0 Å². The number of likely N-dealkylation sites (tertiary alicyclic amines) is 1. The standard InChI is InChI=1S/C19H24N2O5S/c22-18(21-11-14-4-2-6-16(14)17(21)19(23)24)13-3-1-5-15(9-13)27(25,26)20-10-12-7-8-12/h1,3,5,9,12,14,16-17,20H,2,4,6-8,10-11H2,(H,23,24). The molecule has 2 N–H and O–H groups in total. The second-order valence-electron chi connectivity index (χ2n) is 7.92. The second-order valence-corrected chi connectivity index (χ2v) is 9.69. The van der Waals surface area contributed by atoms with Gasteiger partial charge in [0, 0.05) is 18.7 Å². The van der Waals surface area contributed by atoms with E-state index in [1.54, 1.807) is 6.07 Å². The summed E-state index contributed by atoms with van der Waals surface area (Å²) in [6.45, 7) is 0.842. The zero-order valence-corrected chi connectivity index (χ0v) is 15.8. The highest BCUT2D eigenvalue weighted by atomic mass is 32.2. The molecule has 8 heteroatoms. The van der Waals surface area contributed by atoms with Crippen molar-refractivity contribution in [2.24, 2.45) is 17.8 Å². The number of nitrogens with zero attached hydrogens (tertiary/aromatic N) is 1. The van der Waals surface area contributed by atoms with E-state index in [4.69, 9.17) is 0 Å². The fourth-order valence-electron chi connectivity index (χ4n) is 4.43. The van der Waals surface area contributed by atoms with Crippen molar-refractivity contribution in [3.05, 3.63) is 29.8 Å². The van der Waals surface area contributed by atoms with Crippen LogP contribution in [0.3, 0.4) is 0 Å². The van der Waals surface area contributed by atoms with Crippen LogP contribution < -0.4 is 4.72 Å². The third kappa shape index (κ3) is 3.60. The van der Waals surface area contributed by atoms with Crippen LogP contribution in [0, 0.1) is 17.8 Å². The highest BCUT2D eigenvalue weighted by Gasteiger charge is 2.49. The van der Waals surface area contributed by atoms with Crippen molar-refractivity contribution in [1.82, 2.24) is 9.62 Å². The quantitative estimate of drug-likeness (QED) is 0.767. The molecule has 2 aliphatic carbocycles. The van der Waals surface area contributed by atoms with E-state index in [-0.39, 0.29) is 22.3 Å². The summed E-state index contributed by atoms with van der Waals surface area (Å²) in [5.74, 6) is -0.755. The minimum Gasteiger partial charge on any atom is -0.480 e. The predicted molar refractivity (Wildman–Crippen MR) is 97.6 cm³/mol. The number of aliphatic carboxylic acids is 1. The van der Waals surface area contributed by atoms with E-state index in [1.807, 2.05) is 0 Å². The Hall–Kier alpha value is -1.93. The number of rotatable bonds is 6. The lowest BCUT2D eigenvalue weighted by Crippen LogP contribution is -2.43. The normalized spacial score (nSPS) is 27.6. The van der Waals surface area contributed by atoms with Crippen LogP contribution >= 0.6 is 0 Å². The average Bonchev–Trinajstić information content (AvgIpc) is 3.24. The number of sulfonamides is 1. The third-order valence-corrected chi connectivity index (χ3v) is 7.48. The van der Waals surface area contributed by atoms with Crippen LogP contribution in [0.2, 0.25) is 0 Å². The Labute approximate surface area is 158 Å². The Kier molecular flexibility index (Phi) is 4.71. The molecule has 1 saturated heterocycles. The van der Waals surface area contributed by atoms with Crippen LogP contribution in [0.15, 0.2) is 29.2 Å². The van der Waals surface area contributed by atoms with Gasteiger partial charge in [0.15, 0.2) is 0 Å². The number of carbonyl (C=O) groups is 2. The van der Waals surface area contributed by atoms with Crippen molar-refractivity contribution in [2.45, 2.75) is 43.0 Å². The number of amides is 1. The van der Waals surface area contributed by atoms with Crippen LogP contribution in [0.5, 0.6) is 0 Å². The van der Waals surface area contributed by atoms with Gasteiger partial charge in [-0.25, -0.2) is 17.9 Å². The fourth-order valence-corrected chi connectivity index (χ4v) is 5.59. The molecule has 3 fully saturated rings. The summed E-state index contributed by atoms with van der Waals surface area (Å²) in [7, 11) is -3.68. The van der Waals surface area contributed by atoms with E-state index >= 15 is 0 Å². The maximum atomic E-state index is 13.0. The van der Waals surface area contributed by atoms with Crippen LogP contribution in [0.25, 0.3) is 0 Å². The Morgan fingerprint density at radius 2 is 1.96 bits per heavy atom. The molecule has 3 unspecified atom stereocenters. The molecule has 3 aliphatic rings. The van der Waals surface area contributed by atoms with Gasteiger partial charge in [0.05, 0.1) is 4.90 Å². The monoisotopic (exact) mass is 392 g/mol. The smallest absolute Gasteiger partial charge is 0.326 e. The SMILES string of the molecule is O=C(O)C1C2CCCC2CN1C(=O)c1cccc(S(=O)(=O)NCC2CC2)c1. The van der Waals surface area contributed by atoms with Gasteiger partial charge in [0.25, 0.3) is 5.91 Å². The first-order valence-electron chi connectivity index (χ1n) is 9.50.